The van der Waals surface area contributed by atoms with Gasteiger partial charge in [0.1, 0.15) is 17.9 Å². The van der Waals surface area contributed by atoms with Crippen LogP contribution in [0.3, 0.4) is 0 Å². The molecule has 0 unspecified atom stereocenters. The Labute approximate surface area is 213 Å². The van der Waals surface area contributed by atoms with Crippen molar-refractivity contribution in [1.29, 1.82) is 0 Å². The molecule has 3 aromatic heterocycles. The van der Waals surface area contributed by atoms with E-state index in [9.17, 15) is 5.11 Å². The second-order valence-electron chi connectivity index (χ2n) is 9.74. The van der Waals surface area contributed by atoms with E-state index in [2.05, 4.69) is 28.9 Å². The number of aromatic nitrogens is 4. The largest absolute Gasteiger partial charge is 0.485 e. The molecule has 2 aliphatic rings. The second-order valence-corrected chi connectivity index (χ2v) is 10.8. The molecule has 0 bridgehead atoms. The SMILES string of the molecule is C[C@@H]1COC[C@H]2COc3c(nc(-c4c(N)cnc5c4ccn5Sc4ccccc4)nc3C(C)(C)O)N21. The Hall–Kier alpha value is -3.34. The van der Waals surface area contributed by atoms with Gasteiger partial charge in [0.05, 0.1) is 42.7 Å². The van der Waals surface area contributed by atoms with Gasteiger partial charge in [-0.1, -0.05) is 18.2 Å². The molecule has 2 aliphatic heterocycles. The van der Waals surface area contributed by atoms with E-state index in [1.165, 1.54) is 0 Å². The minimum absolute atomic E-state index is 0.0387. The highest BCUT2D eigenvalue weighted by molar-refractivity contribution is 7.98. The normalized spacial score (nSPS) is 19.6. The third-order valence-corrected chi connectivity index (χ3v) is 7.48. The van der Waals surface area contributed by atoms with Gasteiger partial charge in [-0.25, -0.2) is 15.0 Å². The van der Waals surface area contributed by atoms with Crippen LogP contribution in [-0.2, 0) is 10.3 Å². The zero-order valence-electron chi connectivity index (χ0n) is 20.4. The Balaban J connectivity index is 1.54. The standard InChI is InChI=1S/C26H28N6O3S/c1-15-12-34-13-16-14-35-21-22(26(2,3)33)29-23(30-25(21)32(15)16)20-18-9-10-31(24(18)28-11-19(20)27)36-17-7-5-4-6-8-17/h4-11,15-16,33H,12-14,27H2,1-3H3/t15-,16+/m1/s1. The van der Waals surface area contributed by atoms with Crippen LogP contribution in [0.2, 0.25) is 0 Å². The highest BCUT2D eigenvalue weighted by Crippen LogP contribution is 2.44. The zero-order valence-corrected chi connectivity index (χ0v) is 21.2. The molecule has 4 aromatic rings. The van der Waals surface area contributed by atoms with E-state index >= 15 is 0 Å². The molecule has 1 saturated heterocycles. The number of fused-ring (bicyclic) bond motifs is 4. The van der Waals surface area contributed by atoms with E-state index in [1.54, 1.807) is 32.0 Å². The third-order valence-electron chi connectivity index (χ3n) is 6.51. The van der Waals surface area contributed by atoms with Crippen LogP contribution in [0.25, 0.3) is 22.4 Å². The van der Waals surface area contributed by atoms with Crippen LogP contribution < -0.4 is 15.4 Å². The van der Waals surface area contributed by atoms with E-state index in [-0.39, 0.29) is 12.1 Å². The molecule has 6 rings (SSSR count). The molecule has 5 heterocycles. The second kappa shape index (κ2) is 8.65. The van der Waals surface area contributed by atoms with Gasteiger partial charge in [0.2, 0.25) is 0 Å². The van der Waals surface area contributed by atoms with Gasteiger partial charge < -0.3 is 25.2 Å². The van der Waals surface area contributed by atoms with E-state index in [0.29, 0.717) is 54.2 Å². The van der Waals surface area contributed by atoms with E-state index in [1.807, 2.05) is 34.4 Å². The molecular weight excluding hydrogens is 476 g/mol. The highest BCUT2D eigenvalue weighted by Gasteiger charge is 2.40. The van der Waals surface area contributed by atoms with Crippen LogP contribution in [0, 0.1) is 0 Å². The number of benzene rings is 1. The summed E-state index contributed by atoms with van der Waals surface area (Å²) in [6, 6.07) is 12.2. The Morgan fingerprint density at radius 2 is 1.92 bits per heavy atom. The summed E-state index contributed by atoms with van der Waals surface area (Å²) in [6.45, 7) is 7.11. The number of rotatable bonds is 4. The van der Waals surface area contributed by atoms with Gasteiger partial charge >= 0.3 is 0 Å². The molecule has 36 heavy (non-hydrogen) atoms. The van der Waals surface area contributed by atoms with Crippen molar-refractivity contribution in [2.45, 2.75) is 43.4 Å². The quantitative estimate of drug-likeness (QED) is 0.428. The molecule has 2 atom stereocenters. The monoisotopic (exact) mass is 504 g/mol. The first-order valence-corrected chi connectivity index (χ1v) is 12.7. The van der Waals surface area contributed by atoms with Gasteiger partial charge in [-0.3, -0.25) is 3.97 Å². The number of nitrogens with two attached hydrogens (primary N) is 1. The van der Waals surface area contributed by atoms with Crippen LogP contribution in [0.4, 0.5) is 11.5 Å². The average Bonchev–Trinajstić information content (AvgIpc) is 3.25. The van der Waals surface area contributed by atoms with Crippen LogP contribution in [0.15, 0.2) is 53.7 Å². The summed E-state index contributed by atoms with van der Waals surface area (Å²) < 4.78 is 13.9. The summed E-state index contributed by atoms with van der Waals surface area (Å²) in [7, 11) is 0. The van der Waals surface area contributed by atoms with E-state index in [4.69, 9.17) is 25.2 Å². The van der Waals surface area contributed by atoms with Gasteiger partial charge in [-0.15, -0.1) is 0 Å². The van der Waals surface area contributed by atoms with Crippen LogP contribution >= 0.6 is 11.9 Å². The summed E-state index contributed by atoms with van der Waals surface area (Å²) in [4.78, 5) is 17.8. The molecule has 3 N–H and O–H groups in total. The van der Waals surface area contributed by atoms with Crippen molar-refractivity contribution in [2.75, 3.05) is 30.5 Å². The lowest BCUT2D eigenvalue weighted by Crippen LogP contribution is -2.56. The van der Waals surface area contributed by atoms with Gasteiger partial charge in [-0.2, -0.15) is 0 Å². The first kappa shape index (κ1) is 23.1. The van der Waals surface area contributed by atoms with Gasteiger partial charge in [-0.05, 0) is 50.9 Å². The number of hydrogen-bond donors (Lipinski definition) is 2. The maximum Gasteiger partial charge on any atom is 0.186 e. The molecule has 1 aromatic carbocycles. The first-order valence-electron chi connectivity index (χ1n) is 11.9. The number of pyridine rings is 1. The van der Waals surface area contributed by atoms with Crippen LogP contribution in [0.1, 0.15) is 26.5 Å². The molecule has 1 fully saturated rings. The van der Waals surface area contributed by atoms with E-state index < -0.39 is 5.60 Å². The molecule has 0 amide bonds. The van der Waals surface area contributed by atoms with Crippen molar-refractivity contribution in [1.82, 2.24) is 18.9 Å². The number of anilines is 2. The maximum atomic E-state index is 11.1. The van der Waals surface area contributed by atoms with Crippen molar-refractivity contribution in [3.8, 4) is 17.1 Å². The van der Waals surface area contributed by atoms with Crippen molar-refractivity contribution < 1.29 is 14.6 Å². The molecular formula is C26H28N6O3S. The summed E-state index contributed by atoms with van der Waals surface area (Å²) in [5.41, 5.74) is 7.58. The number of nitrogen functional groups attached to an aromatic ring is 1. The summed E-state index contributed by atoms with van der Waals surface area (Å²) >= 11 is 1.57. The molecule has 9 nitrogen and oxygen atoms in total. The Morgan fingerprint density at radius 3 is 2.69 bits per heavy atom. The summed E-state index contributed by atoms with van der Waals surface area (Å²) in [6.07, 6.45) is 3.61. The van der Waals surface area contributed by atoms with Crippen molar-refractivity contribution in [2.24, 2.45) is 0 Å². The lowest BCUT2D eigenvalue weighted by molar-refractivity contribution is 0.0425. The molecule has 0 spiro atoms. The Morgan fingerprint density at radius 1 is 1.11 bits per heavy atom. The van der Waals surface area contributed by atoms with Crippen LogP contribution in [-0.4, -0.2) is 55.9 Å². The fourth-order valence-corrected chi connectivity index (χ4v) is 5.71. The fraction of sp³-hybridized carbons (Fsp3) is 0.346. The first-order chi connectivity index (χ1) is 17.3. The lowest BCUT2D eigenvalue weighted by Gasteiger charge is -2.45. The number of hydrogen-bond acceptors (Lipinski definition) is 9. The van der Waals surface area contributed by atoms with Gasteiger partial charge in [0, 0.05) is 16.5 Å². The fourth-order valence-electron chi connectivity index (χ4n) is 4.85. The predicted molar refractivity (Wildman–Crippen MR) is 140 cm³/mol. The maximum absolute atomic E-state index is 11.1. The minimum Gasteiger partial charge on any atom is -0.485 e. The van der Waals surface area contributed by atoms with Crippen molar-refractivity contribution in [3.63, 3.8) is 0 Å². The molecule has 186 valence electrons. The lowest BCUT2D eigenvalue weighted by atomic mass is 10.0. The Bertz CT molecular complexity index is 1440. The number of morpholine rings is 1. The molecule has 10 heteroatoms. The predicted octanol–water partition coefficient (Wildman–Crippen LogP) is 3.84. The highest BCUT2D eigenvalue weighted by atomic mass is 32.2. The van der Waals surface area contributed by atoms with Crippen molar-refractivity contribution >= 4 is 34.5 Å². The smallest absolute Gasteiger partial charge is 0.186 e. The van der Waals surface area contributed by atoms with Crippen molar-refractivity contribution in [3.05, 3.63) is 54.5 Å². The summed E-state index contributed by atoms with van der Waals surface area (Å²) in [5, 5.41) is 11.9. The average molecular weight is 505 g/mol. The topological polar surface area (TPSA) is 112 Å². The molecule has 0 saturated carbocycles. The van der Waals surface area contributed by atoms with Gasteiger partial charge in [0.15, 0.2) is 23.0 Å². The number of ether oxygens (including phenoxy) is 2. The van der Waals surface area contributed by atoms with E-state index in [0.717, 1.165) is 15.9 Å². The zero-order chi connectivity index (χ0) is 25.0. The minimum atomic E-state index is -1.25. The third kappa shape index (κ3) is 3.85. The molecule has 0 radical (unpaired) electrons. The van der Waals surface area contributed by atoms with Crippen LogP contribution in [0.5, 0.6) is 5.75 Å². The number of nitrogens with zero attached hydrogens (tertiary/aromatic N) is 5. The Kier molecular flexibility index (Phi) is 5.55. The van der Waals surface area contributed by atoms with Gasteiger partial charge in [0.25, 0.3) is 0 Å². The summed E-state index contributed by atoms with van der Waals surface area (Å²) in [5.74, 6) is 1.60. The molecule has 0 aliphatic carbocycles. The number of aliphatic hydroxyl groups is 1.